The number of nitrogens with one attached hydrogen (secondary N) is 1. The molecule has 0 radical (unpaired) electrons. The van der Waals surface area contributed by atoms with Crippen LogP contribution in [0.3, 0.4) is 0 Å². The van der Waals surface area contributed by atoms with Gasteiger partial charge in [-0.05, 0) is 38.0 Å². The summed E-state index contributed by atoms with van der Waals surface area (Å²) in [7, 11) is 0. The predicted molar refractivity (Wildman–Crippen MR) is 107 cm³/mol. The Balaban J connectivity index is 1.57. The van der Waals surface area contributed by atoms with E-state index in [0.717, 1.165) is 5.56 Å². The molecule has 0 bridgehead atoms. The fraction of sp³-hybridized carbons (Fsp3) is 0.364. The number of hydrogen-bond donors (Lipinski definition) is 1. The number of hydrogen-bond acceptors (Lipinski definition) is 4. The van der Waals surface area contributed by atoms with Crippen molar-refractivity contribution in [3.8, 4) is 0 Å². The number of likely N-dealkylation sites (tertiary alicyclic amines) is 1. The number of nitrogens with zero attached hydrogens (tertiary/aromatic N) is 2. The van der Waals surface area contributed by atoms with Crippen molar-refractivity contribution in [1.29, 1.82) is 0 Å². The standard InChI is InChI=1S/C22H24FN3O3/c1-2-29-22(28)25-13-11-15(12-14-25)26-20(24-19-10-6-5-9-18(19)23)16-7-3-4-8-17(16)21(26)27/h3-10,15,20,24H,2,11-14H2,1H3/t20-/m0/s1. The Morgan fingerprint density at radius 3 is 2.55 bits per heavy atom. The molecule has 2 amide bonds. The average molecular weight is 397 g/mol. The van der Waals surface area contributed by atoms with Crippen LogP contribution in [-0.2, 0) is 4.74 Å². The van der Waals surface area contributed by atoms with Crippen LogP contribution in [0.25, 0.3) is 0 Å². The quantitative estimate of drug-likeness (QED) is 0.847. The van der Waals surface area contributed by atoms with E-state index in [1.165, 1.54) is 6.07 Å². The van der Waals surface area contributed by atoms with Crippen LogP contribution in [0.1, 0.15) is 41.9 Å². The fourth-order valence-corrected chi connectivity index (χ4v) is 4.13. The number of ether oxygens (including phenoxy) is 1. The maximum atomic E-state index is 14.3. The molecule has 2 aliphatic rings. The van der Waals surface area contributed by atoms with E-state index >= 15 is 0 Å². The lowest BCUT2D eigenvalue weighted by Gasteiger charge is -2.39. The van der Waals surface area contributed by atoms with Crippen LogP contribution in [0, 0.1) is 5.82 Å². The third-order valence-electron chi connectivity index (χ3n) is 5.55. The van der Waals surface area contributed by atoms with E-state index in [0.29, 0.717) is 43.8 Å². The molecule has 29 heavy (non-hydrogen) atoms. The van der Waals surface area contributed by atoms with Crippen molar-refractivity contribution >= 4 is 17.7 Å². The molecule has 2 aliphatic heterocycles. The number of carbonyl (C=O) groups is 2. The maximum Gasteiger partial charge on any atom is 0.409 e. The summed E-state index contributed by atoms with van der Waals surface area (Å²) in [6.45, 7) is 3.17. The van der Waals surface area contributed by atoms with E-state index in [4.69, 9.17) is 4.74 Å². The second-order valence-corrected chi connectivity index (χ2v) is 7.24. The SMILES string of the molecule is CCOC(=O)N1CCC(N2C(=O)c3ccccc3[C@H]2Nc2ccccc2F)CC1. The molecule has 2 aromatic rings. The van der Waals surface area contributed by atoms with Gasteiger partial charge in [-0.1, -0.05) is 30.3 Å². The van der Waals surface area contributed by atoms with Gasteiger partial charge in [0.15, 0.2) is 0 Å². The minimum absolute atomic E-state index is 0.0511. The van der Waals surface area contributed by atoms with E-state index in [1.807, 2.05) is 18.2 Å². The third kappa shape index (κ3) is 3.64. The first-order valence-electron chi connectivity index (χ1n) is 9.94. The Hall–Kier alpha value is -3.09. The molecule has 1 atom stereocenters. The van der Waals surface area contributed by atoms with Crippen molar-refractivity contribution in [3.05, 3.63) is 65.5 Å². The van der Waals surface area contributed by atoms with Crippen molar-refractivity contribution in [3.63, 3.8) is 0 Å². The van der Waals surface area contributed by atoms with Crippen LogP contribution in [0.5, 0.6) is 0 Å². The van der Waals surface area contributed by atoms with Crippen LogP contribution in [0.2, 0.25) is 0 Å². The molecule has 0 aliphatic carbocycles. The summed E-state index contributed by atoms with van der Waals surface area (Å²) in [6.07, 6.45) is 0.528. The monoisotopic (exact) mass is 397 g/mol. The molecule has 1 saturated heterocycles. The largest absolute Gasteiger partial charge is 0.450 e. The minimum atomic E-state index is -0.449. The average Bonchev–Trinajstić information content (AvgIpc) is 3.02. The number of rotatable bonds is 4. The smallest absolute Gasteiger partial charge is 0.409 e. The van der Waals surface area contributed by atoms with Gasteiger partial charge in [0.1, 0.15) is 12.0 Å². The molecule has 7 heteroatoms. The lowest BCUT2D eigenvalue weighted by atomic mass is 10.0. The summed E-state index contributed by atoms with van der Waals surface area (Å²) in [6, 6.07) is 13.8. The van der Waals surface area contributed by atoms with E-state index in [1.54, 1.807) is 41.0 Å². The number of para-hydroxylation sites is 1. The van der Waals surface area contributed by atoms with Crippen LogP contribution in [0.15, 0.2) is 48.5 Å². The number of fused-ring (bicyclic) bond motifs is 1. The van der Waals surface area contributed by atoms with E-state index in [-0.39, 0.29) is 23.9 Å². The van der Waals surface area contributed by atoms with Crippen molar-refractivity contribution in [2.75, 3.05) is 25.0 Å². The maximum absolute atomic E-state index is 14.3. The third-order valence-corrected chi connectivity index (χ3v) is 5.55. The van der Waals surface area contributed by atoms with Gasteiger partial charge in [-0.3, -0.25) is 4.79 Å². The molecule has 152 valence electrons. The first-order valence-corrected chi connectivity index (χ1v) is 9.94. The van der Waals surface area contributed by atoms with Crippen LogP contribution in [-0.4, -0.2) is 47.5 Å². The molecule has 6 nitrogen and oxygen atoms in total. The minimum Gasteiger partial charge on any atom is -0.450 e. The lowest BCUT2D eigenvalue weighted by molar-refractivity contribution is 0.0496. The molecule has 2 aromatic carbocycles. The molecule has 2 heterocycles. The normalized spacial score (nSPS) is 19.2. The molecule has 1 fully saturated rings. The van der Waals surface area contributed by atoms with E-state index < -0.39 is 6.17 Å². The Morgan fingerprint density at radius 1 is 1.14 bits per heavy atom. The van der Waals surface area contributed by atoms with Gasteiger partial charge in [0.05, 0.1) is 12.3 Å². The van der Waals surface area contributed by atoms with Gasteiger partial charge >= 0.3 is 6.09 Å². The summed E-state index contributed by atoms with van der Waals surface area (Å²) in [5.41, 5.74) is 1.83. The Labute approximate surface area is 169 Å². The first-order chi connectivity index (χ1) is 14.1. The highest BCUT2D eigenvalue weighted by molar-refractivity contribution is 5.99. The van der Waals surface area contributed by atoms with Gasteiger partial charge in [-0.2, -0.15) is 0 Å². The van der Waals surface area contributed by atoms with Gasteiger partial charge in [-0.15, -0.1) is 0 Å². The van der Waals surface area contributed by atoms with E-state index in [2.05, 4.69) is 5.32 Å². The second-order valence-electron chi connectivity index (χ2n) is 7.24. The zero-order valence-corrected chi connectivity index (χ0v) is 16.3. The van der Waals surface area contributed by atoms with Crippen LogP contribution >= 0.6 is 0 Å². The fourth-order valence-electron chi connectivity index (χ4n) is 4.13. The van der Waals surface area contributed by atoms with Gasteiger partial charge < -0.3 is 19.9 Å². The topological polar surface area (TPSA) is 61.9 Å². The Kier molecular flexibility index (Phi) is 5.38. The van der Waals surface area contributed by atoms with Crippen molar-refractivity contribution in [2.45, 2.75) is 32.0 Å². The van der Waals surface area contributed by atoms with Gasteiger partial charge in [0.2, 0.25) is 0 Å². The molecule has 0 aromatic heterocycles. The molecule has 4 rings (SSSR count). The lowest BCUT2D eigenvalue weighted by Crippen LogP contribution is -2.49. The van der Waals surface area contributed by atoms with Crippen molar-refractivity contribution in [2.24, 2.45) is 0 Å². The summed E-state index contributed by atoms with van der Waals surface area (Å²) >= 11 is 0. The zero-order chi connectivity index (χ0) is 20.4. The molecule has 0 saturated carbocycles. The number of benzene rings is 2. The molecular weight excluding hydrogens is 373 g/mol. The van der Waals surface area contributed by atoms with Crippen molar-refractivity contribution in [1.82, 2.24) is 9.80 Å². The highest BCUT2D eigenvalue weighted by atomic mass is 19.1. The Morgan fingerprint density at radius 2 is 1.83 bits per heavy atom. The number of carbonyl (C=O) groups excluding carboxylic acids is 2. The van der Waals surface area contributed by atoms with E-state index in [9.17, 15) is 14.0 Å². The summed E-state index contributed by atoms with van der Waals surface area (Å²) in [5.74, 6) is -0.426. The number of piperidine rings is 1. The summed E-state index contributed by atoms with van der Waals surface area (Å²) < 4.78 is 19.4. The number of halogens is 1. The Bertz CT molecular complexity index is 912. The molecule has 1 N–H and O–H groups in total. The highest BCUT2D eigenvalue weighted by Crippen LogP contribution is 2.38. The predicted octanol–water partition coefficient (Wildman–Crippen LogP) is 4.01. The van der Waals surface area contributed by atoms with Gasteiger partial charge in [-0.25, -0.2) is 9.18 Å². The number of anilines is 1. The van der Waals surface area contributed by atoms with Crippen molar-refractivity contribution < 1.29 is 18.7 Å². The molecular formula is C22H24FN3O3. The summed E-state index contributed by atoms with van der Waals surface area (Å²) in [4.78, 5) is 28.6. The molecule has 0 unspecified atom stereocenters. The number of amides is 2. The second kappa shape index (κ2) is 8.11. The first kappa shape index (κ1) is 19.2. The molecule has 0 spiro atoms. The van der Waals surface area contributed by atoms with Gasteiger partial charge in [0, 0.05) is 30.3 Å². The van der Waals surface area contributed by atoms with Crippen LogP contribution < -0.4 is 5.32 Å². The zero-order valence-electron chi connectivity index (χ0n) is 16.3. The highest BCUT2D eigenvalue weighted by Gasteiger charge is 2.42. The van der Waals surface area contributed by atoms with Gasteiger partial charge in [0.25, 0.3) is 5.91 Å². The summed E-state index contributed by atoms with van der Waals surface area (Å²) in [5, 5.41) is 3.22. The van der Waals surface area contributed by atoms with Crippen LogP contribution in [0.4, 0.5) is 14.9 Å².